The highest BCUT2D eigenvalue weighted by molar-refractivity contribution is 5.56. The van der Waals surface area contributed by atoms with E-state index in [1.54, 1.807) is 6.08 Å². The molecule has 1 aliphatic rings. The maximum absolute atomic E-state index is 9.90. The smallest absolute Gasteiger partial charge is 0.231 e. The number of aliphatic hydroxyl groups excluding tert-OH is 1. The van der Waals surface area contributed by atoms with Gasteiger partial charge in [0, 0.05) is 0 Å². The average Bonchev–Trinajstić information content (AvgIpc) is 2.71. The van der Waals surface area contributed by atoms with Crippen LogP contribution < -0.4 is 9.47 Å². The summed E-state index contributed by atoms with van der Waals surface area (Å²) in [7, 11) is 0. The van der Waals surface area contributed by atoms with Crippen LogP contribution in [0.3, 0.4) is 0 Å². The van der Waals surface area contributed by atoms with E-state index in [2.05, 4.69) is 0 Å². The van der Waals surface area contributed by atoms with Crippen LogP contribution in [0.25, 0.3) is 6.08 Å². The van der Waals surface area contributed by atoms with Crippen molar-refractivity contribution in [2.24, 2.45) is 5.41 Å². The van der Waals surface area contributed by atoms with E-state index in [0.29, 0.717) is 0 Å². The molecule has 17 heavy (non-hydrogen) atoms. The van der Waals surface area contributed by atoms with Gasteiger partial charge in [-0.15, -0.1) is 0 Å². The maximum atomic E-state index is 9.90. The zero-order chi connectivity index (χ0) is 12.5. The zero-order valence-corrected chi connectivity index (χ0v) is 10.4. The van der Waals surface area contributed by atoms with Crippen LogP contribution in [0.5, 0.6) is 11.5 Å². The summed E-state index contributed by atoms with van der Waals surface area (Å²) in [6, 6.07) is 5.74. The van der Waals surface area contributed by atoms with Gasteiger partial charge in [-0.05, 0) is 23.1 Å². The van der Waals surface area contributed by atoms with E-state index in [9.17, 15) is 5.11 Å². The van der Waals surface area contributed by atoms with Gasteiger partial charge in [-0.1, -0.05) is 39.0 Å². The van der Waals surface area contributed by atoms with Crippen LogP contribution >= 0.6 is 0 Å². The molecule has 0 bridgehead atoms. The molecule has 0 amide bonds. The highest BCUT2D eigenvalue weighted by Crippen LogP contribution is 2.33. The highest BCUT2D eigenvalue weighted by atomic mass is 16.7. The molecule has 1 heterocycles. The number of ether oxygens (including phenoxy) is 2. The summed E-state index contributed by atoms with van der Waals surface area (Å²) in [4.78, 5) is 0. The van der Waals surface area contributed by atoms with Crippen molar-refractivity contribution in [2.75, 3.05) is 6.79 Å². The Labute approximate surface area is 102 Å². The summed E-state index contributed by atoms with van der Waals surface area (Å²) in [5.74, 6) is 1.54. The Morgan fingerprint density at radius 2 is 1.94 bits per heavy atom. The molecule has 0 radical (unpaired) electrons. The third-order valence-corrected chi connectivity index (χ3v) is 2.75. The van der Waals surface area contributed by atoms with Gasteiger partial charge in [-0.3, -0.25) is 0 Å². The first-order valence-corrected chi connectivity index (χ1v) is 5.73. The van der Waals surface area contributed by atoms with Crippen molar-refractivity contribution in [1.82, 2.24) is 0 Å². The summed E-state index contributed by atoms with van der Waals surface area (Å²) in [5.41, 5.74) is 0.852. The van der Waals surface area contributed by atoms with Crippen LogP contribution in [-0.4, -0.2) is 18.0 Å². The van der Waals surface area contributed by atoms with Crippen molar-refractivity contribution < 1.29 is 14.6 Å². The largest absolute Gasteiger partial charge is 0.454 e. The van der Waals surface area contributed by atoms with E-state index in [4.69, 9.17) is 9.47 Å². The zero-order valence-electron chi connectivity index (χ0n) is 10.4. The summed E-state index contributed by atoms with van der Waals surface area (Å²) in [5, 5.41) is 9.90. The molecule has 1 atom stereocenters. The van der Waals surface area contributed by atoms with Gasteiger partial charge in [0.2, 0.25) is 6.79 Å². The number of hydrogen-bond donors (Lipinski definition) is 1. The van der Waals surface area contributed by atoms with E-state index in [-0.39, 0.29) is 12.2 Å². The van der Waals surface area contributed by atoms with Gasteiger partial charge >= 0.3 is 0 Å². The predicted octanol–water partition coefficient (Wildman–Crippen LogP) is 2.84. The van der Waals surface area contributed by atoms with Crippen LogP contribution in [-0.2, 0) is 0 Å². The third kappa shape index (κ3) is 2.80. The fourth-order valence-corrected chi connectivity index (χ4v) is 1.51. The molecule has 1 aromatic rings. The Morgan fingerprint density at radius 1 is 1.24 bits per heavy atom. The summed E-state index contributed by atoms with van der Waals surface area (Å²) in [6.45, 7) is 6.29. The van der Waals surface area contributed by atoms with E-state index >= 15 is 0 Å². The molecule has 0 aliphatic carbocycles. The number of aliphatic hydroxyl groups is 1. The third-order valence-electron chi connectivity index (χ3n) is 2.75. The topological polar surface area (TPSA) is 38.7 Å². The fraction of sp³-hybridized carbons (Fsp3) is 0.429. The molecule has 1 N–H and O–H groups in total. The van der Waals surface area contributed by atoms with E-state index < -0.39 is 6.10 Å². The number of benzene rings is 1. The molecule has 0 aromatic heterocycles. The van der Waals surface area contributed by atoms with Gasteiger partial charge in [0.1, 0.15) is 0 Å². The summed E-state index contributed by atoms with van der Waals surface area (Å²) in [6.07, 6.45) is 3.24. The van der Waals surface area contributed by atoms with Crippen molar-refractivity contribution in [3.05, 3.63) is 29.8 Å². The summed E-state index contributed by atoms with van der Waals surface area (Å²) >= 11 is 0. The lowest BCUT2D eigenvalue weighted by Crippen LogP contribution is -2.23. The SMILES string of the molecule is CC(C)(C)[13CH](O)/[13CH]=[13CH]/c1ccc2c(c1)OCO2. The van der Waals surface area contributed by atoms with Gasteiger partial charge in [-0.25, -0.2) is 0 Å². The number of rotatable bonds is 2. The Balaban J connectivity index is 2.12. The molecular weight excluding hydrogens is 219 g/mol. The van der Waals surface area contributed by atoms with Crippen molar-refractivity contribution in [3.8, 4) is 11.5 Å². The molecular formula is C14H18O3. The quantitative estimate of drug-likeness (QED) is 0.804. The van der Waals surface area contributed by atoms with Crippen molar-refractivity contribution >= 4 is 6.08 Å². The standard InChI is InChI=1S/C14H18O3/c1-14(2,3)13(15)7-5-10-4-6-11-12(8-10)17-9-16-11/h4-8,13,15H,9H2,1-3H3/b7-5+/i5+1,7+1,13+1. The van der Waals surface area contributed by atoms with Crippen LogP contribution in [0.2, 0.25) is 0 Å². The maximum Gasteiger partial charge on any atom is 0.231 e. The lowest BCUT2D eigenvalue weighted by Gasteiger charge is -2.22. The van der Waals surface area contributed by atoms with E-state index in [0.717, 1.165) is 17.1 Å². The molecule has 1 unspecified atom stereocenters. The Morgan fingerprint density at radius 3 is 2.65 bits per heavy atom. The van der Waals surface area contributed by atoms with E-state index in [1.807, 2.05) is 45.0 Å². The van der Waals surface area contributed by atoms with Crippen LogP contribution in [0.15, 0.2) is 24.3 Å². The molecule has 2 rings (SSSR count). The minimum Gasteiger partial charge on any atom is -0.454 e. The first kappa shape index (κ1) is 12.0. The van der Waals surface area contributed by atoms with Crippen LogP contribution in [0.4, 0.5) is 0 Å². The first-order valence-electron chi connectivity index (χ1n) is 5.73. The Hall–Kier alpha value is -1.48. The normalized spacial score (nSPS) is 16.5. The van der Waals surface area contributed by atoms with Gasteiger partial charge < -0.3 is 14.6 Å². The van der Waals surface area contributed by atoms with Crippen molar-refractivity contribution in [2.45, 2.75) is 26.9 Å². The second kappa shape index (κ2) is 4.41. The first-order chi connectivity index (χ1) is 7.97. The Kier molecular flexibility index (Phi) is 3.11. The Bertz CT molecular complexity index is 430. The van der Waals surface area contributed by atoms with Crippen molar-refractivity contribution in [1.29, 1.82) is 0 Å². The van der Waals surface area contributed by atoms with Crippen LogP contribution in [0, 0.1) is 5.41 Å². The van der Waals surface area contributed by atoms with Gasteiger partial charge in [-0.2, -0.15) is 0 Å². The van der Waals surface area contributed by atoms with Gasteiger partial charge in [0.05, 0.1) is 6.10 Å². The molecule has 0 spiro atoms. The van der Waals surface area contributed by atoms with Gasteiger partial charge in [0.25, 0.3) is 0 Å². The van der Waals surface area contributed by atoms with Crippen LogP contribution in [0.1, 0.15) is 26.3 Å². The second-order valence-corrected chi connectivity index (χ2v) is 5.28. The molecule has 3 heteroatoms. The lowest BCUT2D eigenvalue weighted by atomic mass is 10.1. The van der Waals surface area contributed by atoms with Crippen molar-refractivity contribution in [3.63, 3.8) is 0 Å². The summed E-state index contributed by atoms with van der Waals surface area (Å²) < 4.78 is 10.5. The molecule has 0 saturated heterocycles. The lowest BCUT2D eigenvalue weighted by molar-refractivity contribution is 0.106. The molecule has 0 fully saturated rings. The van der Waals surface area contributed by atoms with Gasteiger partial charge in [0.15, 0.2) is 11.5 Å². The molecule has 1 aliphatic heterocycles. The van der Waals surface area contributed by atoms with E-state index in [1.165, 1.54) is 0 Å². The molecule has 92 valence electrons. The molecule has 0 saturated carbocycles. The second-order valence-electron chi connectivity index (χ2n) is 5.28. The highest BCUT2D eigenvalue weighted by Gasteiger charge is 2.19. The fourth-order valence-electron chi connectivity index (χ4n) is 1.51. The predicted molar refractivity (Wildman–Crippen MR) is 67.1 cm³/mol. The number of fused-ring (bicyclic) bond motifs is 1. The molecule has 3 nitrogen and oxygen atoms in total. The molecule has 1 aromatic carbocycles. The monoisotopic (exact) mass is 237 g/mol. The minimum atomic E-state index is -0.465. The average molecular weight is 237 g/mol. The number of hydrogen-bond acceptors (Lipinski definition) is 3. The minimum absolute atomic E-state index is 0.146.